The summed E-state index contributed by atoms with van der Waals surface area (Å²) in [6.07, 6.45) is 60.7. The molecule has 0 fully saturated rings. The van der Waals surface area contributed by atoms with E-state index in [1.165, 1.54) is 116 Å². The highest BCUT2D eigenvalue weighted by Crippen LogP contribution is 2.14. The Bertz CT molecular complexity index is 1120. The summed E-state index contributed by atoms with van der Waals surface area (Å²) in [4.78, 5) is 37.9. The lowest BCUT2D eigenvalue weighted by atomic mass is 10.1. The Kier molecular flexibility index (Phi) is 47.4. The van der Waals surface area contributed by atoms with Gasteiger partial charge >= 0.3 is 17.9 Å². The molecular weight excluding hydrogens is 757 g/mol. The third-order valence-corrected chi connectivity index (χ3v) is 11.0. The summed E-state index contributed by atoms with van der Waals surface area (Å²) in [5.41, 5.74) is 0. The summed E-state index contributed by atoms with van der Waals surface area (Å²) in [7, 11) is 0. The number of hydrogen-bond acceptors (Lipinski definition) is 6. The Labute approximate surface area is 377 Å². The fourth-order valence-electron chi connectivity index (χ4n) is 7.10. The van der Waals surface area contributed by atoms with Crippen LogP contribution >= 0.6 is 0 Å². The van der Waals surface area contributed by atoms with Gasteiger partial charge in [-0.25, -0.2) is 0 Å². The topological polar surface area (TPSA) is 78.9 Å². The predicted molar refractivity (Wildman–Crippen MR) is 261 cm³/mol. The second-order valence-corrected chi connectivity index (χ2v) is 17.1. The Morgan fingerprint density at radius 1 is 0.361 bits per heavy atom. The third kappa shape index (κ3) is 48.0. The monoisotopic (exact) mass is 853 g/mol. The minimum absolute atomic E-state index is 0.0902. The highest BCUT2D eigenvalue weighted by molar-refractivity contribution is 5.71. The second kappa shape index (κ2) is 49.8. The molecular formula is C55H96O6. The first-order valence-electron chi connectivity index (χ1n) is 25.8. The molecule has 0 N–H and O–H groups in total. The van der Waals surface area contributed by atoms with Crippen molar-refractivity contribution in [1.29, 1.82) is 0 Å². The third-order valence-electron chi connectivity index (χ3n) is 11.0. The normalized spacial score (nSPS) is 12.5. The molecule has 0 radical (unpaired) electrons. The zero-order valence-corrected chi connectivity index (χ0v) is 40.2. The largest absolute Gasteiger partial charge is 0.462 e. The zero-order chi connectivity index (χ0) is 44.4. The Morgan fingerprint density at radius 3 is 1.16 bits per heavy atom. The molecule has 0 saturated heterocycles. The van der Waals surface area contributed by atoms with E-state index in [9.17, 15) is 14.4 Å². The molecule has 0 aromatic rings. The molecule has 0 heterocycles. The molecule has 0 spiro atoms. The van der Waals surface area contributed by atoms with Crippen molar-refractivity contribution in [3.63, 3.8) is 0 Å². The molecule has 1 unspecified atom stereocenters. The highest BCUT2D eigenvalue weighted by atomic mass is 16.6. The van der Waals surface area contributed by atoms with E-state index in [2.05, 4.69) is 81.5 Å². The molecule has 0 rings (SSSR count). The maximum absolute atomic E-state index is 12.8. The molecule has 1 atom stereocenters. The molecule has 352 valence electrons. The Balaban J connectivity index is 4.38. The van der Waals surface area contributed by atoms with Gasteiger partial charge in [-0.3, -0.25) is 14.4 Å². The summed E-state index contributed by atoms with van der Waals surface area (Å²) >= 11 is 0. The molecule has 61 heavy (non-hydrogen) atoms. The van der Waals surface area contributed by atoms with Crippen LogP contribution < -0.4 is 0 Å². The molecule has 0 saturated carbocycles. The van der Waals surface area contributed by atoms with E-state index in [-0.39, 0.29) is 31.1 Å². The van der Waals surface area contributed by atoms with Crippen LogP contribution in [-0.2, 0) is 28.6 Å². The zero-order valence-electron chi connectivity index (χ0n) is 40.2. The maximum Gasteiger partial charge on any atom is 0.306 e. The number of allylic oxidation sites excluding steroid dienone is 10. The van der Waals surface area contributed by atoms with Crippen molar-refractivity contribution < 1.29 is 28.6 Å². The average Bonchev–Trinajstić information content (AvgIpc) is 3.26. The Hall–Kier alpha value is -2.89. The van der Waals surface area contributed by atoms with Crippen LogP contribution in [0.4, 0.5) is 0 Å². The molecule has 0 aliphatic carbocycles. The number of rotatable bonds is 46. The van der Waals surface area contributed by atoms with Gasteiger partial charge in [0.1, 0.15) is 13.2 Å². The van der Waals surface area contributed by atoms with Gasteiger partial charge in [-0.15, -0.1) is 0 Å². The van der Waals surface area contributed by atoms with Crippen LogP contribution in [0.1, 0.15) is 252 Å². The number of ether oxygens (including phenoxy) is 3. The van der Waals surface area contributed by atoms with Gasteiger partial charge in [-0.05, 0) is 89.9 Å². The van der Waals surface area contributed by atoms with Gasteiger partial charge in [0.25, 0.3) is 0 Å². The van der Waals surface area contributed by atoms with E-state index >= 15 is 0 Å². The lowest BCUT2D eigenvalue weighted by Crippen LogP contribution is -2.30. The van der Waals surface area contributed by atoms with E-state index in [0.29, 0.717) is 19.3 Å². The first-order chi connectivity index (χ1) is 30.0. The summed E-state index contributed by atoms with van der Waals surface area (Å²) in [5, 5.41) is 0. The molecule has 0 aliphatic rings. The number of hydrogen-bond donors (Lipinski definition) is 0. The first kappa shape index (κ1) is 58.1. The Morgan fingerprint density at radius 2 is 0.705 bits per heavy atom. The molecule has 0 amide bonds. The quantitative estimate of drug-likeness (QED) is 0.0200. The van der Waals surface area contributed by atoms with Crippen LogP contribution in [0.3, 0.4) is 0 Å². The SMILES string of the molecule is CC/C=C\C/C=C\CCCCCCCCCC(=O)OC(COC(=O)CCCCC/C=C\C=C/CCCC)COC(=O)CCCCCCC/C=C\CCCCCCCCCCC. The van der Waals surface area contributed by atoms with E-state index < -0.39 is 6.10 Å². The van der Waals surface area contributed by atoms with Crippen molar-refractivity contribution in [2.45, 2.75) is 258 Å². The van der Waals surface area contributed by atoms with Crippen molar-refractivity contribution in [3.8, 4) is 0 Å². The maximum atomic E-state index is 12.8. The van der Waals surface area contributed by atoms with Crippen molar-refractivity contribution >= 4 is 17.9 Å². The first-order valence-corrected chi connectivity index (χ1v) is 25.8. The molecule has 0 bridgehead atoms. The standard InChI is InChI=1S/C55H96O6/c1-4-7-10-13-16-19-22-24-26-27-28-29-31-33-36-39-42-45-48-54(57)60-51-52(50-59-53(56)47-44-41-38-35-32-21-18-15-12-9-6-3)61-55(58)49-46-43-40-37-34-30-25-23-20-17-14-11-8-5-2/h8,11,15,17-18,20-21,28-29,32,52H,4-7,9-10,12-14,16,19,22-27,30-31,33-51H2,1-3H3/b11-8-,18-15-,20-17-,29-28-,32-21-. The lowest BCUT2D eigenvalue weighted by molar-refractivity contribution is -0.167. The minimum atomic E-state index is -0.791. The molecule has 0 aromatic heterocycles. The lowest BCUT2D eigenvalue weighted by Gasteiger charge is -2.18. The van der Waals surface area contributed by atoms with Crippen LogP contribution in [0.25, 0.3) is 0 Å². The van der Waals surface area contributed by atoms with Gasteiger partial charge in [-0.2, -0.15) is 0 Å². The van der Waals surface area contributed by atoms with Crippen molar-refractivity contribution in [2.75, 3.05) is 13.2 Å². The van der Waals surface area contributed by atoms with Gasteiger partial charge in [0.2, 0.25) is 0 Å². The smallest absolute Gasteiger partial charge is 0.306 e. The van der Waals surface area contributed by atoms with E-state index in [4.69, 9.17) is 14.2 Å². The summed E-state index contributed by atoms with van der Waals surface area (Å²) in [6.45, 7) is 6.45. The number of esters is 3. The van der Waals surface area contributed by atoms with Crippen LogP contribution in [0.5, 0.6) is 0 Å². The fourth-order valence-corrected chi connectivity index (χ4v) is 7.10. The summed E-state index contributed by atoms with van der Waals surface area (Å²) < 4.78 is 16.7. The van der Waals surface area contributed by atoms with E-state index in [1.54, 1.807) is 0 Å². The van der Waals surface area contributed by atoms with E-state index in [0.717, 1.165) is 96.3 Å². The van der Waals surface area contributed by atoms with E-state index in [1.807, 2.05) is 0 Å². The number of carbonyl (C=O) groups excluding carboxylic acids is 3. The van der Waals surface area contributed by atoms with Crippen LogP contribution in [0.15, 0.2) is 60.8 Å². The van der Waals surface area contributed by atoms with Crippen LogP contribution in [0.2, 0.25) is 0 Å². The number of carbonyl (C=O) groups is 3. The summed E-state index contributed by atoms with van der Waals surface area (Å²) in [5.74, 6) is -0.932. The highest BCUT2D eigenvalue weighted by Gasteiger charge is 2.19. The molecule has 6 nitrogen and oxygen atoms in total. The average molecular weight is 853 g/mol. The molecule has 0 aliphatic heterocycles. The van der Waals surface area contributed by atoms with Crippen molar-refractivity contribution in [3.05, 3.63) is 60.8 Å². The minimum Gasteiger partial charge on any atom is -0.462 e. The van der Waals surface area contributed by atoms with Gasteiger partial charge in [0.05, 0.1) is 0 Å². The summed E-state index contributed by atoms with van der Waals surface area (Å²) in [6, 6.07) is 0. The van der Waals surface area contributed by atoms with Crippen LogP contribution in [0, 0.1) is 0 Å². The van der Waals surface area contributed by atoms with Gasteiger partial charge in [0.15, 0.2) is 6.10 Å². The number of unbranched alkanes of at least 4 members (excludes halogenated alkanes) is 26. The van der Waals surface area contributed by atoms with Gasteiger partial charge < -0.3 is 14.2 Å². The fraction of sp³-hybridized carbons (Fsp3) is 0.764. The molecule has 6 heteroatoms. The van der Waals surface area contributed by atoms with Crippen molar-refractivity contribution in [2.24, 2.45) is 0 Å². The molecule has 0 aromatic carbocycles. The van der Waals surface area contributed by atoms with Gasteiger partial charge in [-0.1, -0.05) is 204 Å². The predicted octanol–water partition coefficient (Wildman–Crippen LogP) is 16.9. The van der Waals surface area contributed by atoms with Crippen molar-refractivity contribution in [1.82, 2.24) is 0 Å². The van der Waals surface area contributed by atoms with Crippen LogP contribution in [-0.4, -0.2) is 37.2 Å². The van der Waals surface area contributed by atoms with Gasteiger partial charge in [0, 0.05) is 19.3 Å². The second-order valence-electron chi connectivity index (χ2n) is 17.1.